The first-order valence-electron chi connectivity index (χ1n) is 4.59. The Morgan fingerprint density at radius 1 is 1.40 bits per heavy atom. The molecule has 0 bridgehead atoms. The van der Waals surface area contributed by atoms with E-state index in [-0.39, 0.29) is 0 Å². The first kappa shape index (κ1) is 12.0. The maximum absolute atomic E-state index is 8.87. The lowest BCUT2D eigenvalue weighted by molar-refractivity contribution is 0.172. The van der Waals surface area contributed by atoms with Gasteiger partial charge in [0, 0.05) is 24.6 Å². The molecule has 0 heterocycles. The molecule has 1 rings (SSSR count). The first-order valence-corrected chi connectivity index (χ1v) is 5.38. The lowest BCUT2D eigenvalue weighted by Crippen LogP contribution is -2.02. The molecule has 0 saturated heterocycles. The Morgan fingerprint density at radius 2 is 2.20 bits per heavy atom. The van der Waals surface area contributed by atoms with E-state index in [0.717, 1.165) is 10.9 Å². The van der Waals surface area contributed by atoms with Gasteiger partial charge in [-0.3, -0.25) is 0 Å². The van der Waals surface area contributed by atoms with Crippen LogP contribution in [0.15, 0.2) is 22.7 Å². The van der Waals surface area contributed by atoms with Gasteiger partial charge in [0.2, 0.25) is 0 Å². The summed E-state index contributed by atoms with van der Waals surface area (Å²) >= 11 is 3.30. The van der Waals surface area contributed by atoms with Crippen molar-refractivity contribution >= 4 is 15.9 Å². The van der Waals surface area contributed by atoms with Crippen LogP contribution in [0.25, 0.3) is 0 Å². The predicted octanol–water partition coefficient (Wildman–Crippen LogP) is 2.74. The molecule has 0 unspecified atom stereocenters. The summed E-state index contributed by atoms with van der Waals surface area (Å²) in [5.41, 5.74) is 0.543. The fraction of sp³-hybridized carbons (Fsp3) is 0.364. The number of halogens is 1. The number of nitrogens with zero attached hydrogens (tertiary/aromatic N) is 1. The highest BCUT2D eigenvalue weighted by Crippen LogP contribution is 2.22. The zero-order valence-electron chi connectivity index (χ0n) is 8.50. The average Bonchev–Trinajstić information content (AvgIpc) is 2.26. The fourth-order valence-electron chi connectivity index (χ4n) is 1.10. The molecule has 0 N–H and O–H groups in total. The molecule has 15 heavy (non-hydrogen) atoms. The van der Waals surface area contributed by atoms with Crippen LogP contribution in [0.2, 0.25) is 0 Å². The van der Waals surface area contributed by atoms with Crippen molar-refractivity contribution in [2.45, 2.75) is 6.42 Å². The van der Waals surface area contributed by atoms with Crippen molar-refractivity contribution < 1.29 is 9.47 Å². The topological polar surface area (TPSA) is 42.2 Å². The minimum absolute atomic E-state index is 0.543. The minimum atomic E-state index is 0.543. The van der Waals surface area contributed by atoms with E-state index in [1.165, 1.54) is 0 Å². The van der Waals surface area contributed by atoms with E-state index in [1.807, 2.05) is 6.07 Å². The van der Waals surface area contributed by atoms with E-state index < -0.39 is 0 Å². The first-order chi connectivity index (χ1) is 7.27. The molecule has 0 aliphatic carbocycles. The number of nitriles is 1. The molecule has 0 aliphatic heterocycles. The van der Waals surface area contributed by atoms with Crippen LogP contribution in [0.4, 0.5) is 0 Å². The minimum Gasteiger partial charge on any atom is -0.492 e. The molecule has 1 aromatic rings. The molecule has 1 aromatic carbocycles. The van der Waals surface area contributed by atoms with Gasteiger partial charge in [-0.1, -0.05) is 15.9 Å². The van der Waals surface area contributed by atoms with Gasteiger partial charge in [-0.05, 0) is 18.2 Å². The summed E-state index contributed by atoms with van der Waals surface area (Å²) in [4.78, 5) is 0. The average molecular weight is 270 g/mol. The van der Waals surface area contributed by atoms with Crippen LogP contribution in [0, 0.1) is 11.3 Å². The van der Waals surface area contributed by atoms with Gasteiger partial charge in [0.25, 0.3) is 0 Å². The summed E-state index contributed by atoms with van der Waals surface area (Å²) in [6, 6.07) is 7.47. The number of hydrogen-bond donors (Lipinski definition) is 0. The van der Waals surface area contributed by atoms with Gasteiger partial charge >= 0.3 is 0 Å². The van der Waals surface area contributed by atoms with E-state index >= 15 is 0 Å². The van der Waals surface area contributed by atoms with Crippen LogP contribution in [-0.2, 0) is 4.74 Å². The summed E-state index contributed by atoms with van der Waals surface area (Å²) in [5, 5.41) is 8.87. The maximum Gasteiger partial charge on any atom is 0.137 e. The van der Waals surface area contributed by atoms with Crippen LogP contribution in [-0.4, -0.2) is 20.3 Å². The Labute approximate surface area is 97.7 Å². The molecule has 80 valence electrons. The smallest absolute Gasteiger partial charge is 0.137 e. The van der Waals surface area contributed by atoms with E-state index in [2.05, 4.69) is 22.0 Å². The number of hydrogen-bond acceptors (Lipinski definition) is 3. The summed E-state index contributed by atoms with van der Waals surface area (Å²) in [6.45, 7) is 1.22. The monoisotopic (exact) mass is 269 g/mol. The third kappa shape index (κ3) is 3.90. The number of rotatable bonds is 5. The van der Waals surface area contributed by atoms with Gasteiger partial charge in [0.1, 0.15) is 11.8 Å². The number of methoxy groups -OCH3 is 1. The van der Waals surface area contributed by atoms with Crippen molar-refractivity contribution in [1.29, 1.82) is 5.26 Å². The third-order valence-electron chi connectivity index (χ3n) is 1.81. The summed E-state index contributed by atoms with van der Waals surface area (Å²) in [7, 11) is 1.65. The molecule has 0 spiro atoms. The van der Waals surface area contributed by atoms with Crippen molar-refractivity contribution in [3.05, 3.63) is 28.2 Å². The summed E-state index contributed by atoms with van der Waals surface area (Å²) < 4.78 is 11.2. The lowest BCUT2D eigenvalue weighted by Gasteiger charge is -2.07. The van der Waals surface area contributed by atoms with Gasteiger partial charge < -0.3 is 9.47 Å². The summed E-state index contributed by atoms with van der Waals surface area (Å²) in [5.74, 6) is 0.622. The lowest BCUT2D eigenvalue weighted by atomic mass is 10.2. The summed E-state index contributed by atoms with van der Waals surface area (Å²) in [6.07, 6.45) is 0.817. The van der Waals surface area contributed by atoms with Gasteiger partial charge in [0.15, 0.2) is 0 Å². The highest BCUT2D eigenvalue weighted by molar-refractivity contribution is 9.10. The normalized spacial score (nSPS) is 9.67. The molecular formula is C11H12BrNO2. The highest BCUT2D eigenvalue weighted by Gasteiger charge is 2.03. The maximum atomic E-state index is 8.87. The molecule has 0 saturated carbocycles. The Hall–Kier alpha value is -1.05. The Bertz CT molecular complexity index is 360. The highest BCUT2D eigenvalue weighted by atomic mass is 79.9. The van der Waals surface area contributed by atoms with Crippen molar-refractivity contribution in [2.75, 3.05) is 20.3 Å². The van der Waals surface area contributed by atoms with Crippen molar-refractivity contribution in [3.8, 4) is 11.8 Å². The van der Waals surface area contributed by atoms with Crippen molar-refractivity contribution in [1.82, 2.24) is 0 Å². The van der Waals surface area contributed by atoms with Crippen LogP contribution in [0.3, 0.4) is 0 Å². The van der Waals surface area contributed by atoms with Gasteiger partial charge in [-0.15, -0.1) is 0 Å². The molecule has 0 aliphatic rings. The van der Waals surface area contributed by atoms with E-state index in [0.29, 0.717) is 24.5 Å². The molecule has 0 aromatic heterocycles. The van der Waals surface area contributed by atoms with E-state index in [9.17, 15) is 0 Å². The fourth-order valence-corrected chi connectivity index (χ4v) is 1.46. The van der Waals surface area contributed by atoms with Gasteiger partial charge in [0.05, 0.1) is 12.2 Å². The van der Waals surface area contributed by atoms with Crippen molar-refractivity contribution in [2.24, 2.45) is 0 Å². The van der Waals surface area contributed by atoms with Crippen LogP contribution < -0.4 is 4.74 Å². The predicted molar refractivity (Wildman–Crippen MR) is 60.8 cm³/mol. The van der Waals surface area contributed by atoms with Gasteiger partial charge in [-0.25, -0.2) is 0 Å². The standard InChI is InChI=1S/C11H12BrNO2/c1-14-5-2-6-15-11-4-3-10(12)7-9(11)8-13/h3-4,7H,2,5-6H2,1H3. The molecule has 0 fully saturated rings. The molecule has 4 heteroatoms. The second kappa shape index (κ2) is 6.44. The SMILES string of the molecule is COCCCOc1ccc(Br)cc1C#N. The van der Waals surface area contributed by atoms with Crippen LogP contribution in [0.1, 0.15) is 12.0 Å². The van der Waals surface area contributed by atoms with Crippen molar-refractivity contribution in [3.63, 3.8) is 0 Å². The quantitative estimate of drug-likeness (QED) is 0.772. The van der Waals surface area contributed by atoms with Crippen LogP contribution >= 0.6 is 15.9 Å². The molecular weight excluding hydrogens is 258 g/mol. The number of benzene rings is 1. The second-order valence-corrected chi connectivity index (χ2v) is 3.86. The largest absolute Gasteiger partial charge is 0.492 e. The molecule has 0 amide bonds. The molecule has 0 atom stereocenters. The molecule has 3 nitrogen and oxygen atoms in total. The third-order valence-corrected chi connectivity index (χ3v) is 2.31. The van der Waals surface area contributed by atoms with E-state index in [4.69, 9.17) is 14.7 Å². The van der Waals surface area contributed by atoms with E-state index in [1.54, 1.807) is 19.2 Å². The Kier molecular flexibility index (Phi) is 5.16. The van der Waals surface area contributed by atoms with Crippen LogP contribution in [0.5, 0.6) is 5.75 Å². The van der Waals surface area contributed by atoms with Gasteiger partial charge in [-0.2, -0.15) is 5.26 Å². The second-order valence-electron chi connectivity index (χ2n) is 2.95. The molecule has 0 radical (unpaired) electrons. The Morgan fingerprint density at radius 3 is 2.87 bits per heavy atom. The Balaban J connectivity index is 2.57. The zero-order chi connectivity index (χ0) is 11.1. The number of ether oxygens (including phenoxy) is 2. The zero-order valence-corrected chi connectivity index (χ0v) is 10.1.